The molecule has 1 saturated heterocycles. The summed E-state index contributed by atoms with van der Waals surface area (Å²) >= 11 is 0. The quantitative estimate of drug-likeness (QED) is 0.820. The van der Waals surface area contributed by atoms with Gasteiger partial charge in [-0.25, -0.2) is 8.42 Å². The summed E-state index contributed by atoms with van der Waals surface area (Å²) in [5.74, 6) is 0.145. The molecule has 0 spiro atoms. The van der Waals surface area contributed by atoms with Crippen molar-refractivity contribution in [1.29, 1.82) is 0 Å². The smallest absolute Gasteiger partial charge is 0.244 e. The van der Waals surface area contributed by atoms with Crippen molar-refractivity contribution >= 4 is 21.4 Å². The third kappa shape index (κ3) is 4.12. The minimum atomic E-state index is -3.02. The number of anilines is 1. The SMILES string of the molecule is Cc1cc(C)c(N2CC[C@H](N(C)CCS(C)(=O)=O)C2=O)c(C)c1. The van der Waals surface area contributed by atoms with Crippen molar-refractivity contribution in [2.75, 3.05) is 37.0 Å². The molecule has 0 radical (unpaired) electrons. The Labute approximate surface area is 139 Å². The molecule has 1 aromatic carbocycles. The topological polar surface area (TPSA) is 57.7 Å². The first-order valence-electron chi connectivity index (χ1n) is 7.87. The highest BCUT2D eigenvalue weighted by Crippen LogP contribution is 2.31. The van der Waals surface area contributed by atoms with E-state index in [-0.39, 0.29) is 17.7 Å². The molecule has 128 valence electrons. The summed E-state index contributed by atoms with van der Waals surface area (Å²) in [6.45, 7) is 7.18. The summed E-state index contributed by atoms with van der Waals surface area (Å²) in [7, 11) is -1.19. The van der Waals surface area contributed by atoms with Crippen LogP contribution in [0.15, 0.2) is 12.1 Å². The van der Waals surface area contributed by atoms with Crippen molar-refractivity contribution in [3.05, 3.63) is 28.8 Å². The molecule has 1 amide bonds. The third-order valence-corrected chi connectivity index (χ3v) is 5.35. The number of rotatable bonds is 5. The first-order chi connectivity index (χ1) is 10.6. The van der Waals surface area contributed by atoms with E-state index < -0.39 is 9.84 Å². The van der Waals surface area contributed by atoms with Crippen LogP contribution in [0.25, 0.3) is 0 Å². The minimum absolute atomic E-state index is 0.0658. The molecule has 0 unspecified atom stereocenters. The molecule has 1 aliphatic rings. The molecule has 0 aromatic heterocycles. The van der Waals surface area contributed by atoms with Gasteiger partial charge in [0.2, 0.25) is 5.91 Å². The van der Waals surface area contributed by atoms with Crippen molar-refractivity contribution in [2.45, 2.75) is 33.2 Å². The van der Waals surface area contributed by atoms with Crippen LogP contribution in [0.5, 0.6) is 0 Å². The largest absolute Gasteiger partial charge is 0.310 e. The van der Waals surface area contributed by atoms with Crippen molar-refractivity contribution in [2.24, 2.45) is 0 Å². The van der Waals surface area contributed by atoms with E-state index in [0.717, 1.165) is 23.2 Å². The zero-order valence-electron chi connectivity index (χ0n) is 14.6. The number of amides is 1. The van der Waals surface area contributed by atoms with Crippen molar-refractivity contribution in [3.63, 3.8) is 0 Å². The summed E-state index contributed by atoms with van der Waals surface area (Å²) in [5.41, 5.74) is 4.41. The summed E-state index contributed by atoms with van der Waals surface area (Å²) < 4.78 is 22.6. The van der Waals surface area contributed by atoms with Crippen LogP contribution in [-0.2, 0) is 14.6 Å². The predicted molar refractivity (Wildman–Crippen MR) is 93.8 cm³/mol. The molecule has 23 heavy (non-hydrogen) atoms. The molecule has 5 nitrogen and oxygen atoms in total. The number of likely N-dealkylation sites (N-methyl/N-ethyl adjacent to an activating group) is 1. The van der Waals surface area contributed by atoms with E-state index in [1.54, 1.807) is 0 Å². The van der Waals surface area contributed by atoms with Gasteiger partial charge in [-0.2, -0.15) is 0 Å². The fourth-order valence-corrected chi connectivity index (χ4v) is 3.98. The van der Waals surface area contributed by atoms with Crippen molar-refractivity contribution in [1.82, 2.24) is 4.90 Å². The normalized spacial score (nSPS) is 19.0. The van der Waals surface area contributed by atoms with Gasteiger partial charge in [-0.1, -0.05) is 17.7 Å². The molecular weight excluding hydrogens is 312 g/mol. The number of aryl methyl sites for hydroxylation is 3. The molecule has 6 heteroatoms. The number of hydrogen-bond donors (Lipinski definition) is 0. The van der Waals surface area contributed by atoms with Crippen LogP contribution < -0.4 is 4.90 Å². The molecule has 1 fully saturated rings. The highest BCUT2D eigenvalue weighted by Gasteiger charge is 2.36. The molecular formula is C17H26N2O3S. The van der Waals surface area contributed by atoms with Crippen LogP contribution in [0.3, 0.4) is 0 Å². The second-order valence-corrected chi connectivity index (χ2v) is 8.91. The Bertz CT molecular complexity index is 690. The number of hydrogen-bond acceptors (Lipinski definition) is 4. The molecule has 2 rings (SSSR count). The highest BCUT2D eigenvalue weighted by atomic mass is 32.2. The number of benzene rings is 1. The Kier molecular flexibility index (Phi) is 5.16. The molecule has 0 saturated carbocycles. The molecule has 1 atom stereocenters. The van der Waals surface area contributed by atoms with Crippen LogP contribution in [-0.4, -0.2) is 57.4 Å². The van der Waals surface area contributed by atoms with Gasteiger partial charge in [-0.3, -0.25) is 9.69 Å². The lowest BCUT2D eigenvalue weighted by Crippen LogP contribution is -2.41. The molecule has 0 bridgehead atoms. The number of carbonyl (C=O) groups is 1. The maximum atomic E-state index is 12.8. The van der Waals surface area contributed by atoms with Crippen LogP contribution in [0, 0.1) is 20.8 Å². The van der Waals surface area contributed by atoms with Crippen LogP contribution in [0.1, 0.15) is 23.1 Å². The standard InChI is InChI=1S/C17H26N2O3S/c1-12-10-13(2)16(14(3)11-12)19-7-6-15(17(19)20)18(4)8-9-23(5,21)22/h10-11,15H,6-9H2,1-5H3/t15-/m0/s1. The summed E-state index contributed by atoms with van der Waals surface area (Å²) in [5, 5.41) is 0. The first-order valence-corrected chi connectivity index (χ1v) is 9.93. The van der Waals surface area contributed by atoms with Crippen molar-refractivity contribution < 1.29 is 13.2 Å². The molecule has 1 aromatic rings. The van der Waals surface area contributed by atoms with Gasteiger partial charge < -0.3 is 4.90 Å². The van der Waals surface area contributed by atoms with Gasteiger partial charge in [0.15, 0.2) is 0 Å². The van der Waals surface area contributed by atoms with Gasteiger partial charge in [0.25, 0.3) is 0 Å². The maximum absolute atomic E-state index is 12.8. The zero-order valence-corrected chi connectivity index (χ0v) is 15.4. The van der Waals surface area contributed by atoms with Gasteiger partial charge >= 0.3 is 0 Å². The van der Waals surface area contributed by atoms with Gasteiger partial charge in [0, 0.05) is 25.0 Å². The zero-order chi connectivity index (χ0) is 17.4. The number of nitrogens with zero attached hydrogens (tertiary/aromatic N) is 2. The first kappa shape index (κ1) is 17.9. The highest BCUT2D eigenvalue weighted by molar-refractivity contribution is 7.90. The average Bonchev–Trinajstić information content (AvgIpc) is 2.76. The third-order valence-electron chi connectivity index (χ3n) is 4.43. The average molecular weight is 338 g/mol. The number of sulfone groups is 1. The van der Waals surface area contributed by atoms with E-state index in [1.807, 2.05) is 30.7 Å². The maximum Gasteiger partial charge on any atom is 0.244 e. The summed E-state index contributed by atoms with van der Waals surface area (Å²) in [6, 6.07) is 3.95. The van der Waals surface area contributed by atoms with E-state index in [2.05, 4.69) is 19.1 Å². The van der Waals surface area contributed by atoms with Crippen molar-refractivity contribution in [3.8, 4) is 0 Å². The van der Waals surface area contributed by atoms with Gasteiger partial charge in [0.05, 0.1) is 11.8 Å². The van der Waals surface area contributed by atoms with E-state index >= 15 is 0 Å². The Hall–Kier alpha value is -1.40. The second kappa shape index (κ2) is 6.61. The predicted octanol–water partition coefficient (Wildman–Crippen LogP) is 1.69. The minimum Gasteiger partial charge on any atom is -0.310 e. The fraction of sp³-hybridized carbons (Fsp3) is 0.588. The molecule has 0 N–H and O–H groups in total. The van der Waals surface area contributed by atoms with Crippen LogP contribution >= 0.6 is 0 Å². The Morgan fingerprint density at radius 3 is 2.30 bits per heavy atom. The number of carbonyl (C=O) groups excluding carboxylic acids is 1. The lowest BCUT2D eigenvalue weighted by Gasteiger charge is -2.25. The molecule has 0 aliphatic carbocycles. The van der Waals surface area contributed by atoms with E-state index in [4.69, 9.17) is 0 Å². The fourth-order valence-electron chi connectivity index (χ4n) is 3.36. The van der Waals surface area contributed by atoms with E-state index in [0.29, 0.717) is 13.1 Å². The van der Waals surface area contributed by atoms with Crippen LogP contribution in [0.4, 0.5) is 5.69 Å². The van der Waals surface area contributed by atoms with E-state index in [1.165, 1.54) is 11.8 Å². The molecule has 1 heterocycles. The summed E-state index contributed by atoms with van der Waals surface area (Å²) in [4.78, 5) is 16.5. The Morgan fingerprint density at radius 2 is 1.78 bits per heavy atom. The van der Waals surface area contributed by atoms with Gasteiger partial charge in [-0.15, -0.1) is 0 Å². The lowest BCUT2D eigenvalue weighted by atomic mass is 10.0. The van der Waals surface area contributed by atoms with Crippen LogP contribution in [0.2, 0.25) is 0 Å². The van der Waals surface area contributed by atoms with E-state index in [9.17, 15) is 13.2 Å². The Morgan fingerprint density at radius 1 is 1.22 bits per heavy atom. The van der Waals surface area contributed by atoms with Gasteiger partial charge in [-0.05, 0) is 45.4 Å². The monoisotopic (exact) mass is 338 g/mol. The summed E-state index contributed by atoms with van der Waals surface area (Å²) in [6.07, 6.45) is 1.95. The lowest BCUT2D eigenvalue weighted by molar-refractivity contribution is -0.121. The van der Waals surface area contributed by atoms with Gasteiger partial charge in [0.1, 0.15) is 9.84 Å². The molecule has 1 aliphatic heterocycles. The second-order valence-electron chi connectivity index (χ2n) is 6.65. The Balaban J connectivity index is 2.16.